The van der Waals surface area contributed by atoms with Crippen LogP contribution < -0.4 is 21.3 Å². The molecular weight excluding hydrogens is 535 g/mol. The SMILES string of the molecule is CC(=O)NCCNC(=O)c1ccc(Nc2ncc3c(n2)-c2ccc(I)cc2NC(=O)C3)cc1. The molecule has 0 saturated heterocycles. The van der Waals surface area contributed by atoms with E-state index in [0.717, 1.165) is 26.1 Å². The Bertz CT molecular complexity index is 1230. The summed E-state index contributed by atoms with van der Waals surface area (Å²) < 4.78 is 1.02. The van der Waals surface area contributed by atoms with Crippen molar-refractivity contribution in [3.8, 4) is 11.3 Å². The fourth-order valence-electron chi connectivity index (χ4n) is 3.37. The molecule has 9 nitrogen and oxygen atoms in total. The normalized spacial score (nSPS) is 12.0. The van der Waals surface area contributed by atoms with Gasteiger partial charge >= 0.3 is 0 Å². The third kappa shape index (κ3) is 5.64. The van der Waals surface area contributed by atoms with Gasteiger partial charge in [0.25, 0.3) is 5.91 Å². The standard InChI is InChI=1S/C23H21IN6O3/c1-13(31)25-8-9-26-22(33)14-2-5-17(6-3-14)28-23-27-12-15-10-20(32)29-19-11-16(24)4-7-18(19)21(15)30-23/h2-7,11-12H,8-10H2,1H3,(H,25,31)(H,26,33)(H,29,32)(H,27,28,30). The van der Waals surface area contributed by atoms with Crippen molar-refractivity contribution in [2.75, 3.05) is 23.7 Å². The van der Waals surface area contributed by atoms with Crippen LogP contribution in [0.5, 0.6) is 0 Å². The van der Waals surface area contributed by atoms with Gasteiger partial charge in [0.05, 0.1) is 17.8 Å². The van der Waals surface area contributed by atoms with Gasteiger partial charge in [0, 0.05) is 52.2 Å². The summed E-state index contributed by atoms with van der Waals surface area (Å²) in [6.45, 7) is 2.15. The van der Waals surface area contributed by atoms with Gasteiger partial charge in [-0.1, -0.05) is 0 Å². The number of amides is 3. The van der Waals surface area contributed by atoms with Gasteiger partial charge in [-0.25, -0.2) is 9.97 Å². The lowest BCUT2D eigenvalue weighted by molar-refractivity contribution is -0.119. The Morgan fingerprint density at radius 2 is 1.85 bits per heavy atom. The molecule has 3 amide bonds. The van der Waals surface area contributed by atoms with Gasteiger partial charge in [-0.3, -0.25) is 14.4 Å². The van der Waals surface area contributed by atoms with Crippen LogP contribution in [0, 0.1) is 3.57 Å². The third-order valence-corrected chi connectivity index (χ3v) is 5.59. The Morgan fingerprint density at radius 1 is 1.09 bits per heavy atom. The van der Waals surface area contributed by atoms with Gasteiger partial charge in [0.15, 0.2) is 0 Å². The van der Waals surface area contributed by atoms with Crippen LogP contribution in [0.3, 0.4) is 0 Å². The number of carbonyl (C=O) groups excluding carboxylic acids is 3. The average Bonchev–Trinajstić information content (AvgIpc) is 2.91. The van der Waals surface area contributed by atoms with E-state index in [0.29, 0.717) is 30.3 Å². The molecule has 33 heavy (non-hydrogen) atoms. The van der Waals surface area contributed by atoms with Crippen LogP contribution in [-0.4, -0.2) is 40.8 Å². The first-order chi connectivity index (χ1) is 15.9. The molecule has 4 N–H and O–H groups in total. The second-order valence-electron chi connectivity index (χ2n) is 7.42. The predicted molar refractivity (Wildman–Crippen MR) is 133 cm³/mol. The van der Waals surface area contributed by atoms with Crippen LogP contribution in [-0.2, 0) is 16.0 Å². The molecule has 1 aliphatic heterocycles. The van der Waals surface area contributed by atoms with Crippen LogP contribution in [0.4, 0.5) is 17.3 Å². The fourth-order valence-corrected chi connectivity index (χ4v) is 3.87. The van der Waals surface area contributed by atoms with Gasteiger partial charge in [0.1, 0.15) is 0 Å². The summed E-state index contributed by atoms with van der Waals surface area (Å²) in [4.78, 5) is 44.4. The summed E-state index contributed by atoms with van der Waals surface area (Å²) in [7, 11) is 0. The van der Waals surface area contributed by atoms with E-state index in [-0.39, 0.29) is 24.1 Å². The quantitative estimate of drug-likeness (QED) is 0.274. The number of nitrogens with one attached hydrogen (secondary N) is 4. The number of hydrogen-bond acceptors (Lipinski definition) is 6. The van der Waals surface area contributed by atoms with Crippen molar-refractivity contribution in [1.29, 1.82) is 0 Å². The molecular formula is C23H21IN6O3. The minimum atomic E-state index is -0.225. The number of aromatic nitrogens is 2. The predicted octanol–water partition coefficient (Wildman–Crippen LogP) is 2.85. The maximum atomic E-state index is 12.3. The van der Waals surface area contributed by atoms with E-state index in [1.54, 1.807) is 30.5 Å². The molecule has 0 spiro atoms. The molecule has 1 aromatic heterocycles. The van der Waals surface area contributed by atoms with Crippen molar-refractivity contribution in [3.63, 3.8) is 0 Å². The number of anilines is 3. The zero-order valence-corrected chi connectivity index (χ0v) is 19.9. The van der Waals surface area contributed by atoms with Crippen molar-refractivity contribution in [3.05, 3.63) is 63.4 Å². The van der Waals surface area contributed by atoms with Crippen molar-refractivity contribution in [1.82, 2.24) is 20.6 Å². The lowest BCUT2D eigenvalue weighted by Crippen LogP contribution is -2.33. The van der Waals surface area contributed by atoms with Gasteiger partial charge in [0.2, 0.25) is 17.8 Å². The van der Waals surface area contributed by atoms with Gasteiger partial charge in [-0.15, -0.1) is 0 Å². The monoisotopic (exact) mass is 556 g/mol. The molecule has 2 aromatic carbocycles. The third-order valence-electron chi connectivity index (χ3n) is 4.91. The maximum Gasteiger partial charge on any atom is 0.251 e. The molecule has 0 bridgehead atoms. The van der Waals surface area contributed by atoms with Crippen molar-refractivity contribution in [2.24, 2.45) is 0 Å². The molecule has 0 fully saturated rings. The summed E-state index contributed by atoms with van der Waals surface area (Å²) >= 11 is 2.20. The zero-order chi connectivity index (χ0) is 23.4. The van der Waals surface area contributed by atoms with Crippen LogP contribution in [0.2, 0.25) is 0 Å². The van der Waals surface area contributed by atoms with Crippen LogP contribution in [0.15, 0.2) is 48.7 Å². The summed E-state index contributed by atoms with van der Waals surface area (Å²) in [6, 6.07) is 12.7. The van der Waals surface area contributed by atoms with E-state index in [4.69, 9.17) is 0 Å². The number of hydrogen-bond donors (Lipinski definition) is 4. The van der Waals surface area contributed by atoms with E-state index >= 15 is 0 Å². The Morgan fingerprint density at radius 3 is 2.61 bits per heavy atom. The fraction of sp³-hybridized carbons (Fsp3) is 0.174. The van der Waals surface area contributed by atoms with Crippen LogP contribution in [0.1, 0.15) is 22.8 Å². The van der Waals surface area contributed by atoms with E-state index in [1.165, 1.54) is 6.92 Å². The van der Waals surface area contributed by atoms with Gasteiger partial charge in [-0.2, -0.15) is 0 Å². The number of halogens is 1. The molecule has 3 aromatic rings. The summed E-state index contributed by atoms with van der Waals surface area (Å²) in [5.41, 5.74) is 4.24. The first-order valence-corrected chi connectivity index (χ1v) is 11.3. The van der Waals surface area contributed by atoms with Crippen molar-refractivity contribution < 1.29 is 14.4 Å². The Hall–Kier alpha value is -3.54. The van der Waals surface area contributed by atoms with E-state index in [1.807, 2.05) is 18.2 Å². The van der Waals surface area contributed by atoms with Crippen molar-refractivity contribution in [2.45, 2.75) is 13.3 Å². The van der Waals surface area contributed by atoms with Gasteiger partial charge < -0.3 is 21.3 Å². The second-order valence-corrected chi connectivity index (χ2v) is 8.67. The van der Waals surface area contributed by atoms with Gasteiger partial charge in [-0.05, 0) is 65.1 Å². The number of nitrogens with zero attached hydrogens (tertiary/aromatic N) is 2. The molecule has 168 valence electrons. The lowest BCUT2D eigenvalue weighted by atomic mass is 10.1. The zero-order valence-electron chi connectivity index (χ0n) is 17.7. The molecule has 0 radical (unpaired) electrons. The lowest BCUT2D eigenvalue weighted by Gasteiger charge is -2.11. The number of rotatable bonds is 6. The van der Waals surface area contributed by atoms with Crippen molar-refractivity contribution >= 4 is 57.6 Å². The topological polar surface area (TPSA) is 125 Å². The Labute approximate surface area is 203 Å². The first-order valence-electron chi connectivity index (χ1n) is 10.2. The van der Waals surface area contributed by atoms with E-state index in [2.05, 4.69) is 53.8 Å². The summed E-state index contributed by atoms with van der Waals surface area (Å²) in [6.07, 6.45) is 1.86. The molecule has 0 atom stereocenters. The molecule has 10 heteroatoms. The number of benzene rings is 2. The highest BCUT2D eigenvalue weighted by Gasteiger charge is 2.21. The first kappa shape index (κ1) is 22.6. The van der Waals surface area contributed by atoms with E-state index < -0.39 is 0 Å². The smallest absolute Gasteiger partial charge is 0.251 e. The largest absolute Gasteiger partial charge is 0.355 e. The highest BCUT2D eigenvalue weighted by atomic mass is 127. The Kier molecular flexibility index (Phi) is 6.82. The maximum absolute atomic E-state index is 12.3. The minimum Gasteiger partial charge on any atom is -0.355 e. The summed E-state index contributed by atoms with van der Waals surface area (Å²) in [5.74, 6) is -0.0789. The highest BCUT2D eigenvalue weighted by Crippen LogP contribution is 2.34. The summed E-state index contributed by atoms with van der Waals surface area (Å²) in [5, 5.41) is 11.5. The molecule has 0 saturated carbocycles. The highest BCUT2D eigenvalue weighted by molar-refractivity contribution is 14.1. The molecule has 0 unspecified atom stereocenters. The number of fused-ring (bicyclic) bond motifs is 3. The molecule has 2 heterocycles. The second kappa shape index (κ2) is 9.94. The molecule has 4 rings (SSSR count). The number of carbonyl (C=O) groups is 3. The minimum absolute atomic E-state index is 0.104. The van der Waals surface area contributed by atoms with Crippen LogP contribution >= 0.6 is 22.6 Å². The molecule has 0 aliphatic carbocycles. The Balaban J connectivity index is 1.48. The van der Waals surface area contributed by atoms with E-state index in [9.17, 15) is 14.4 Å². The molecule has 1 aliphatic rings. The average molecular weight is 556 g/mol. The van der Waals surface area contributed by atoms with Crippen LogP contribution in [0.25, 0.3) is 11.3 Å².